The first-order valence-corrected chi connectivity index (χ1v) is 9.99. The van der Waals surface area contributed by atoms with Gasteiger partial charge in [-0.3, -0.25) is 0 Å². The largest absolute Gasteiger partial charge is 0.454 e. The van der Waals surface area contributed by atoms with Gasteiger partial charge in [-0.15, -0.1) is 0 Å². The second kappa shape index (κ2) is 9.51. The molecule has 3 aliphatic rings. The van der Waals surface area contributed by atoms with Gasteiger partial charge in [-0.2, -0.15) is 0 Å². The van der Waals surface area contributed by atoms with Crippen molar-refractivity contribution in [3.63, 3.8) is 0 Å². The van der Waals surface area contributed by atoms with Gasteiger partial charge in [0.2, 0.25) is 0 Å². The van der Waals surface area contributed by atoms with Gasteiger partial charge >= 0.3 is 5.97 Å². The zero-order valence-electron chi connectivity index (χ0n) is 16.6. The summed E-state index contributed by atoms with van der Waals surface area (Å²) in [6, 6.07) is 0. The van der Waals surface area contributed by atoms with E-state index in [0.29, 0.717) is 12.0 Å². The van der Waals surface area contributed by atoms with Gasteiger partial charge in [-0.1, -0.05) is 18.2 Å². The van der Waals surface area contributed by atoms with Crippen molar-refractivity contribution in [3.05, 3.63) is 35.5 Å². The fourth-order valence-electron chi connectivity index (χ4n) is 3.94. The predicted molar refractivity (Wildman–Crippen MR) is 103 cm³/mol. The SMILES string of the molecule is C=C1C(=O)O[C@H]2/C=C(\CO[C@@H]3O[C@H](CO)[C@@H](O)[C@H](O)[C@H]3O)CC/C=C(\C)CC[C@@H]12. The zero-order valence-corrected chi connectivity index (χ0v) is 16.6. The smallest absolute Gasteiger partial charge is 0.334 e. The molecule has 2 aliphatic heterocycles. The van der Waals surface area contributed by atoms with E-state index in [-0.39, 0.29) is 18.5 Å². The minimum absolute atomic E-state index is 0.0861. The summed E-state index contributed by atoms with van der Waals surface area (Å²) in [4.78, 5) is 12.0. The molecule has 3 rings (SSSR count). The Morgan fingerprint density at radius 2 is 1.97 bits per heavy atom. The van der Waals surface area contributed by atoms with Crippen molar-refractivity contribution in [3.8, 4) is 0 Å². The topological polar surface area (TPSA) is 126 Å². The minimum Gasteiger partial charge on any atom is -0.454 e. The van der Waals surface area contributed by atoms with E-state index in [4.69, 9.17) is 14.2 Å². The van der Waals surface area contributed by atoms with E-state index in [9.17, 15) is 25.2 Å². The summed E-state index contributed by atoms with van der Waals surface area (Å²) in [6.07, 6.45) is 0.142. The first kappa shape index (κ1) is 22.1. The van der Waals surface area contributed by atoms with Crippen LogP contribution < -0.4 is 0 Å². The Labute approximate surface area is 170 Å². The number of carbonyl (C=O) groups excluding carboxylic acids is 1. The summed E-state index contributed by atoms with van der Waals surface area (Å²) >= 11 is 0. The van der Waals surface area contributed by atoms with Gasteiger partial charge in [0, 0.05) is 11.5 Å². The van der Waals surface area contributed by atoms with E-state index in [2.05, 4.69) is 19.6 Å². The normalized spacial score (nSPS) is 42.3. The molecular formula is C21H30O8. The van der Waals surface area contributed by atoms with Gasteiger partial charge in [0.05, 0.1) is 13.2 Å². The summed E-state index contributed by atoms with van der Waals surface area (Å²) in [6.45, 7) is 5.51. The summed E-state index contributed by atoms with van der Waals surface area (Å²) in [7, 11) is 0. The molecule has 0 spiro atoms. The molecule has 1 aliphatic carbocycles. The Kier molecular flexibility index (Phi) is 7.26. The molecule has 0 amide bonds. The number of rotatable bonds is 4. The summed E-state index contributed by atoms with van der Waals surface area (Å²) in [5.41, 5.74) is 2.59. The zero-order chi connectivity index (χ0) is 21.1. The first-order valence-electron chi connectivity index (χ1n) is 9.99. The fourth-order valence-corrected chi connectivity index (χ4v) is 3.94. The molecule has 162 valence electrons. The molecular weight excluding hydrogens is 380 g/mol. The average Bonchev–Trinajstić information content (AvgIpc) is 2.96. The van der Waals surface area contributed by atoms with E-state index in [0.717, 1.165) is 24.8 Å². The highest BCUT2D eigenvalue weighted by molar-refractivity contribution is 5.91. The van der Waals surface area contributed by atoms with E-state index in [1.807, 2.05) is 6.08 Å². The van der Waals surface area contributed by atoms with Crippen LogP contribution in [0.5, 0.6) is 0 Å². The van der Waals surface area contributed by atoms with Crippen molar-refractivity contribution in [1.82, 2.24) is 0 Å². The Bertz CT molecular complexity index is 682. The third-order valence-corrected chi connectivity index (χ3v) is 5.84. The van der Waals surface area contributed by atoms with Crippen LogP contribution in [0.3, 0.4) is 0 Å². The molecule has 2 heterocycles. The predicted octanol–water partition coefficient (Wildman–Crippen LogP) is 0.347. The molecule has 0 aromatic rings. The van der Waals surface area contributed by atoms with Crippen molar-refractivity contribution in [2.75, 3.05) is 13.2 Å². The number of carbonyl (C=O) groups is 1. The molecule has 8 heteroatoms. The molecule has 2 saturated heterocycles. The van der Waals surface area contributed by atoms with E-state index in [1.165, 1.54) is 5.57 Å². The molecule has 0 radical (unpaired) electrons. The third-order valence-electron chi connectivity index (χ3n) is 5.84. The molecule has 2 fully saturated rings. The van der Waals surface area contributed by atoms with Crippen LogP contribution in [-0.2, 0) is 19.0 Å². The average molecular weight is 410 g/mol. The Morgan fingerprint density at radius 1 is 1.21 bits per heavy atom. The van der Waals surface area contributed by atoms with Crippen molar-refractivity contribution in [1.29, 1.82) is 0 Å². The standard InChI is InChI=1S/C21H30O8/c1-11-4-3-5-13(8-15-14(7-6-11)12(2)20(26)28-15)10-27-21-19(25)18(24)17(23)16(9-22)29-21/h4,8,14-19,21-25H,2-3,5-7,9-10H2,1H3/b11-4+,13-8-/t14-,15-,16+,17+,18-,19+,21+/m0/s1. The lowest BCUT2D eigenvalue weighted by atomic mass is 9.88. The lowest BCUT2D eigenvalue weighted by Crippen LogP contribution is -2.59. The summed E-state index contributed by atoms with van der Waals surface area (Å²) in [5.74, 6) is -0.474. The number of fused-ring (bicyclic) bond motifs is 1. The van der Waals surface area contributed by atoms with Gasteiger partial charge in [0.1, 0.15) is 30.5 Å². The number of hydrogen-bond acceptors (Lipinski definition) is 8. The van der Waals surface area contributed by atoms with Crippen LogP contribution in [0.4, 0.5) is 0 Å². The maximum Gasteiger partial charge on any atom is 0.334 e. The van der Waals surface area contributed by atoms with Crippen LogP contribution in [0, 0.1) is 5.92 Å². The molecule has 7 atom stereocenters. The first-order chi connectivity index (χ1) is 13.8. The lowest BCUT2D eigenvalue weighted by Gasteiger charge is -2.39. The highest BCUT2D eigenvalue weighted by atomic mass is 16.7. The number of aliphatic hydroxyl groups is 4. The Hall–Kier alpha value is -1.55. The summed E-state index contributed by atoms with van der Waals surface area (Å²) < 4.78 is 16.5. The molecule has 0 unspecified atom stereocenters. The second-order valence-corrected chi connectivity index (χ2v) is 7.96. The maximum atomic E-state index is 12.0. The number of aliphatic hydroxyl groups excluding tert-OH is 4. The lowest BCUT2D eigenvalue weighted by molar-refractivity contribution is -0.299. The van der Waals surface area contributed by atoms with Gasteiger partial charge in [0.25, 0.3) is 0 Å². The highest BCUT2D eigenvalue weighted by Crippen LogP contribution is 2.34. The fraction of sp³-hybridized carbons (Fsp3) is 0.667. The molecule has 8 nitrogen and oxygen atoms in total. The quantitative estimate of drug-likeness (QED) is 0.297. The van der Waals surface area contributed by atoms with Crippen molar-refractivity contribution >= 4 is 5.97 Å². The second-order valence-electron chi connectivity index (χ2n) is 7.96. The van der Waals surface area contributed by atoms with E-state index in [1.54, 1.807) is 0 Å². The third kappa shape index (κ3) is 4.96. The maximum absolute atomic E-state index is 12.0. The van der Waals surface area contributed by atoms with Crippen LogP contribution in [0.15, 0.2) is 35.5 Å². The van der Waals surface area contributed by atoms with Crippen molar-refractivity contribution < 1.29 is 39.4 Å². The van der Waals surface area contributed by atoms with Crippen molar-refractivity contribution in [2.24, 2.45) is 5.92 Å². The van der Waals surface area contributed by atoms with Crippen LogP contribution in [0.2, 0.25) is 0 Å². The number of allylic oxidation sites excluding steroid dienone is 2. The van der Waals surface area contributed by atoms with Gasteiger partial charge in [-0.25, -0.2) is 4.79 Å². The number of hydrogen-bond donors (Lipinski definition) is 4. The van der Waals surface area contributed by atoms with Gasteiger partial charge in [-0.05, 0) is 44.3 Å². The number of esters is 1. The monoisotopic (exact) mass is 410 g/mol. The molecule has 0 saturated carbocycles. The molecule has 0 bridgehead atoms. The Balaban J connectivity index is 1.72. The molecule has 0 aromatic carbocycles. The molecule has 29 heavy (non-hydrogen) atoms. The summed E-state index contributed by atoms with van der Waals surface area (Å²) in [5, 5.41) is 39.2. The Morgan fingerprint density at radius 3 is 2.69 bits per heavy atom. The van der Waals surface area contributed by atoms with Crippen LogP contribution in [0.25, 0.3) is 0 Å². The number of ether oxygens (including phenoxy) is 3. The molecule has 4 N–H and O–H groups in total. The van der Waals surface area contributed by atoms with Crippen molar-refractivity contribution in [2.45, 2.75) is 69.4 Å². The molecule has 0 aromatic heterocycles. The van der Waals surface area contributed by atoms with Crippen LogP contribution in [-0.4, -0.2) is 76.4 Å². The van der Waals surface area contributed by atoms with Crippen LogP contribution in [0.1, 0.15) is 32.6 Å². The van der Waals surface area contributed by atoms with Gasteiger partial charge < -0.3 is 34.6 Å². The van der Waals surface area contributed by atoms with E-state index < -0.39 is 43.4 Å². The van der Waals surface area contributed by atoms with Gasteiger partial charge in [0.15, 0.2) is 6.29 Å². The highest BCUT2D eigenvalue weighted by Gasteiger charge is 2.44. The minimum atomic E-state index is -1.49. The van der Waals surface area contributed by atoms with E-state index >= 15 is 0 Å². The van der Waals surface area contributed by atoms with Crippen LogP contribution >= 0.6 is 0 Å².